The first kappa shape index (κ1) is 17.3. The smallest absolute Gasteiger partial charge is 0.363 e. The monoisotopic (exact) mass is 371 g/mol. The molecule has 0 radical (unpaired) electrons. The molecule has 3 rings (SSSR count). The van der Waals surface area contributed by atoms with Crippen molar-refractivity contribution in [3.05, 3.63) is 70.2 Å². The zero-order valence-electron chi connectivity index (χ0n) is 13.4. The quantitative estimate of drug-likeness (QED) is 0.348. The second-order valence-corrected chi connectivity index (χ2v) is 6.53. The first-order valence-corrected chi connectivity index (χ1v) is 8.89. The lowest BCUT2D eigenvalue weighted by Crippen LogP contribution is -2.09. The minimum atomic E-state index is -0.543. The maximum atomic E-state index is 12.2. The number of rotatable bonds is 5. The number of ether oxygens (including phenoxy) is 1. The second-order valence-electron chi connectivity index (χ2n) is 5.24. The van der Waals surface area contributed by atoms with Crippen LogP contribution in [0.15, 0.2) is 53.9 Å². The third kappa shape index (κ3) is 4.13. The molecule has 0 aliphatic carbocycles. The van der Waals surface area contributed by atoms with Gasteiger partial charge in [0.1, 0.15) is 10.8 Å². The predicted octanol–water partition coefficient (Wildman–Crippen LogP) is 5.28. The molecular weight excluding hydrogens is 358 g/mol. The van der Waals surface area contributed by atoms with E-state index < -0.39 is 5.97 Å². The van der Waals surface area contributed by atoms with Gasteiger partial charge in [0.2, 0.25) is 0 Å². The number of halogens is 1. The van der Waals surface area contributed by atoms with E-state index >= 15 is 0 Å². The predicted molar refractivity (Wildman–Crippen MR) is 98.6 cm³/mol. The summed E-state index contributed by atoms with van der Waals surface area (Å²) in [6, 6.07) is 13.8. The van der Waals surface area contributed by atoms with Gasteiger partial charge in [-0.1, -0.05) is 30.7 Å². The molecule has 0 saturated heterocycles. The average Bonchev–Trinajstić information content (AvgIpc) is 3.12. The van der Waals surface area contributed by atoms with E-state index in [0.29, 0.717) is 27.8 Å². The zero-order chi connectivity index (χ0) is 17.8. The first-order chi connectivity index (χ1) is 12.1. The van der Waals surface area contributed by atoms with Gasteiger partial charge in [-0.3, -0.25) is 4.79 Å². The molecule has 0 N–H and O–H groups in total. The number of ketones is 1. The Morgan fingerprint density at radius 2 is 1.92 bits per heavy atom. The van der Waals surface area contributed by atoms with Crippen molar-refractivity contribution in [2.24, 2.45) is 0 Å². The SMILES string of the molecule is CCC(=O)c1ccc(OC(=O)c2csc(-c3cccc(Cl)c3)n2)cc1. The van der Waals surface area contributed by atoms with Crippen molar-refractivity contribution in [1.29, 1.82) is 0 Å². The van der Waals surface area contributed by atoms with E-state index in [4.69, 9.17) is 16.3 Å². The van der Waals surface area contributed by atoms with Crippen LogP contribution in [0.3, 0.4) is 0 Å². The number of thiazole rings is 1. The molecule has 4 nitrogen and oxygen atoms in total. The summed E-state index contributed by atoms with van der Waals surface area (Å²) in [7, 11) is 0. The number of benzene rings is 2. The Morgan fingerprint density at radius 1 is 1.16 bits per heavy atom. The van der Waals surface area contributed by atoms with Crippen LogP contribution in [0, 0.1) is 0 Å². The normalized spacial score (nSPS) is 10.5. The van der Waals surface area contributed by atoms with Crippen LogP contribution in [0.1, 0.15) is 34.2 Å². The van der Waals surface area contributed by atoms with Crippen LogP contribution in [-0.4, -0.2) is 16.7 Å². The molecule has 0 spiro atoms. The van der Waals surface area contributed by atoms with Gasteiger partial charge in [-0.15, -0.1) is 11.3 Å². The number of aromatic nitrogens is 1. The van der Waals surface area contributed by atoms with Gasteiger partial charge in [-0.2, -0.15) is 0 Å². The highest BCUT2D eigenvalue weighted by Crippen LogP contribution is 2.26. The minimum absolute atomic E-state index is 0.0449. The summed E-state index contributed by atoms with van der Waals surface area (Å²) in [4.78, 5) is 28.1. The second kappa shape index (κ2) is 7.59. The molecule has 0 aliphatic heterocycles. The van der Waals surface area contributed by atoms with Gasteiger partial charge < -0.3 is 4.74 Å². The zero-order valence-corrected chi connectivity index (χ0v) is 14.9. The van der Waals surface area contributed by atoms with Crippen molar-refractivity contribution in [3.8, 4) is 16.3 Å². The van der Waals surface area contributed by atoms with Crippen LogP contribution in [0.2, 0.25) is 5.02 Å². The topological polar surface area (TPSA) is 56.3 Å². The fourth-order valence-corrected chi connectivity index (χ4v) is 3.17. The molecule has 3 aromatic rings. The largest absolute Gasteiger partial charge is 0.422 e. The summed E-state index contributed by atoms with van der Waals surface area (Å²) in [5.74, 6) is -0.127. The Labute approximate surface area is 154 Å². The van der Waals surface area contributed by atoms with Gasteiger partial charge in [-0.05, 0) is 36.4 Å². The lowest BCUT2D eigenvalue weighted by atomic mass is 10.1. The highest BCUT2D eigenvalue weighted by Gasteiger charge is 2.14. The molecule has 0 atom stereocenters. The van der Waals surface area contributed by atoms with E-state index in [1.54, 1.807) is 48.7 Å². The molecule has 0 aliphatic rings. The van der Waals surface area contributed by atoms with Crippen LogP contribution >= 0.6 is 22.9 Å². The summed E-state index contributed by atoms with van der Waals surface area (Å²) >= 11 is 7.32. The molecule has 1 aromatic heterocycles. The Bertz CT molecular complexity index is 918. The van der Waals surface area contributed by atoms with Crippen LogP contribution < -0.4 is 4.74 Å². The summed E-state index contributed by atoms with van der Waals surface area (Å²) in [6.07, 6.45) is 0.435. The van der Waals surface area contributed by atoms with Crippen molar-refractivity contribution in [3.63, 3.8) is 0 Å². The van der Waals surface area contributed by atoms with Crippen LogP contribution in [0.5, 0.6) is 5.75 Å². The third-order valence-electron chi connectivity index (χ3n) is 3.49. The maximum Gasteiger partial charge on any atom is 0.363 e. The third-order valence-corrected chi connectivity index (χ3v) is 4.62. The molecule has 0 bridgehead atoms. The van der Waals surface area contributed by atoms with E-state index in [0.717, 1.165) is 5.56 Å². The van der Waals surface area contributed by atoms with E-state index in [9.17, 15) is 9.59 Å². The maximum absolute atomic E-state index is 12.2. The number of esters is 1. The molecular formula is C19H14ClNO3S. The van der Waals surface area contributed by atoms with E-state index in [1.807, 2.05) is 12.1 Å². The molecule has 0 saturated carbocycles. The van der Waals surface area contributed by atoms with Crippen LogP contribution in [-0.2, 0) is 0 Å². The molecule has 0 unspecified atom stereocenters. The van der Waals surface area contributed by atoms with Crippen LogP contribution in [0.25, 0.3) is 10.6 Å². The minimum Gasteiger partial charge on any atom is -0.422 e. The Hall–Kier alpha value is -2.50. The van der Waals surface area contributed by atoms with Crippen molar-refractivity contribution in [2.45, 2.75) is 13.3 Å². The number of hydrogen-bond acceptors (Lipinski definition) is 5. The van der Waals surface area contributed by atoms with Gasteiger partial charge in [0.25, 0.3) is 0 Å². The van der Waals surface area contributed by atoms with Gasteiger partial charge >= 0.3 is 5.97 Å². The van der Waals surface area contributed by atoms with Gasteiger partial charge in [0.05, 0.1) is 0 Å². The number of nitrogens with zero attached hydrogens (tertiary/aromatic N) is 1. The summed E-state index contributed by atoms with van der Waals surface area (Å²) in [6.45, 7) is 1.80. The summed E-state index contributed by atoms with van der Waals surface area (Å²) in [5, 5.41) is 2.95. The molecule has 0 fully saturated rings. The van der Waals surface area contributed by atoms with Crippen molar-refractivity contribution < 1.29 is 14.3 Å². The lowest BCUT2D eigenvalue weighted by Gasteiger charge is -2.03. The molecule has 2 aromatic carbocycles. The van der Waals surface area contributed by atoms with E-state index in [2.05, 4.69) is 4.98 Å². The Balaban J connectivity index is 1.73. The van der Waals surface area contributed by atoms with Crippen molar-refractivity contribution >= 4 is 34.7 Å². The lowest BCUT2D eigenvalue weighted by molar-refractivity contribution is 0.0729. The number of hydrogen-bond donors (Lipinski definition) is 0. The molecule has 0 amide bonds. The summed E-state index contributed by atoms with van der Waals surface area (Å²) < 4.78 is 5.31. The van der Waals surface area contributed by atoms with Gasteiger partial charge in [-0.25, -0.2) is 9.78 Å². The van der Waals surface area contributed by atoms with E-state index in [-0.39, 0.29) is 11.5 Å². The number of Topliss-reactive ketones (excluding diaryl/α,β-unsaturated/α-hetero) is 1. The fraction of sp³-hybridized carbons (Fsp3) is 0.105. The summed E-state index contributed by atoms with van der Waals surface area (Å²) in [5.41, 5.74) is 1.67. The molecule has 6 heteroatoms. The standard InChI is InChI=1S/C19H14ClNO3S/c1-2-17(22)12-6-8-15(9-7-12)24-19(23)16-11-25-18(21-16)13-4-3-5-14(20)10-13/h3-11H,2H2,1H3. The van der Waals surface area contributed by atoms with Crippen molar-refractivity contribution in [2.75, 3.05) is 0 Å². The first-order valence-electron chi connectivity index (χ1n) is 7.63. The van der Waals surface area contributed by atoms with Crippen LogP contribution in [0.4, 0.5) is 0 Å². The fourth-order valence-electron chi connectivity index (χ4n) is 2.19. The van der Waals surface area contributed by atoms with E-state index in [1.165, 1.54) is 11.3 Å². The number of carbonyl (C=O) groups is 2. The van der Waals surface area contributed by atoms with Crippen molar-refractivity contribution in [1.82, 2.24) is 4.98 Å². The Morgan fingerprint density at radius 3 is 2.60 bits per heavy atom. The van der Waals surface area contributed by atoms with Gasteiger partial charge in [0, 0.05) is 28.0 Å². The average molecular weight is 372 g/mol. The molecule has 1 heterocycles. The Kier molecular flexibility index (Phi) is 5.26. The highest BCUT2D eigenvalue weighted by atomic mass is 35.5. The molecule has 126 valence electrons. The molecule has 25 heavy (non-hydrogen) atoms. The number of carbonyl (C=O) groups excluding carboxylic acids is 2. The highest BCUT2D eigenvalue weighted by molar-refractivity contribution is 7.13. The van der Waals surface area contributed by atoms with Gasteiger partial charge in [0.15, 0.2) is 11.5 Å².